The minimum atomic E-state index is -0.631. The zero-order valence-electron chi connectivity index (χ0n) is 9.39. The zero-order valence-corrected chi connectivity index (χ0v) is 11.0. The summed E-state index contributed by atoms with van der Waals surface area (Å²) in [5.74, 6) is -1.50. The molecular weight excluding hydrogens is 278 g/mol. The number of nitrogens with two attached hydrogens (primary N) is 2. The molecule has 0 bridgehead atoms. The molecule has 8 heteroatoms. The van der Waals surface area contributed by atoms with Gasteiger partial charge < -0.3 is 11.5 Å². The quantitative estimate of drug-likeness (QED) is 0.681. The summed E-state index contributed by atoms with van der Waals surface area (Å²) < 4.78 is 0.495. The Kier molecular flexibility index (Phi) is 5.26. The molecule has 1 aromatic heterocycles. The Balaban J connectivity index is 2.67. The molecule has 1 aromatic rings. The van der Waals surface area contributed by atoms with E-state index < -0.39 is 11.8 Å². The van der Waals surface area contributed by atoms with Crippen molar-refractivity contribution in [1.29, 1.82) is 0 Å². The smallest absolute Gasteiger partial charge is 0.231 e. The summed E-state index contributed by atoms with van der Waals surface area (Å²) in [7, 11) is 0. The lowest BCUT2D eigenvalue weighted by Gasteiger charge is -2.17. The van der Waals surface area contributed by atoms with Gasteiger partial charge in [0.1, 0.15) is 0 Å². The molecule has 0 fully saturated rings. The van der Waals surface area contributed by atoms with Crippen molar-refractivity contribution in [3.63, 3.8) is 0 Å². The summed E-state index contributed by atoms with van der Waals surface area (Å²) in [6, 6.07) is 3.19. The Bertz CT molecular complexity index is 459. The molecule has 4 N–H and O–H groups in total. The van der Waals surface area contributed by atoms with Gasteiger partial charge in [-0.15, -0.1) is 11.3 Å². The van der Waals surface area contributed by atoms with Crippen molar-refractivity contribution in [1.82, 2.24) is 4.90 Å². The fourth-order valence-electron chi connectivity index (χ4n) is 1.35. The van der Waals surface area contributed by atoms with Gasteiger partial charge in [0.05, 0.1) is 28.8 Å². The lowest BCUT2D eigenvalue weighted by molar-refractivity contribution is -0.121. The van der Waals surface area contributed by atoms with E-state index >= 15 is 0 Å². The number of hydrogen-bond donors (Lipinski definition) is 2. The molecule has 98 valence electrons. The summed E-state index contributed by atoms with van der Waals surface area (Å²) in [6.07, 6.45) is 0. The maximum atomic E-state index is 11.8. The van der Waals surface area contributed by atoms with Crippen molar-refractivity contribution in [2.45, 2.75) is 0 Å². The number of hydrogen-bond acceptors (Lipinski definition) is 5. The largest absolute Gasteiger partial charge is 0.369 e. The number of nitrogens with zero attached hydrogens (tertiary/aromatic N) is 1. The lowest BCUT2D eigenvalue weighted by atomic mass is 10.3. The van der Waals surface area contributed by atoms with E-state index in [1.807, 2.05) is 0 Å². The number of primary amides is 2. The summed E-state index contributed by atoms with van der Waals surface area (Å²) in [4.78, 5) is 35.2. The van der Waals surface area contributed by atoms with E-state index in [0.29, 0.717) is 9.21 Å². The van der Waals surface area contributed by atoms with Gasteiger partial charge in [0, 0.05) is 0 Å². The minimum Gasteiger partial charge on any atom is -0.369 e. The lowest BCUT2D eigenvalue weighted by Crippen LogP contribution is -2.42. The fraction of sp³-hybridized carbons (Fsp3) is 0.300. The van der Waals surface area contributed by atoms with E-state index in [-0.39, 0.29) is 25.4 Å². The Hall–Kier alpha value is -1.44. The number of thiophene rings is 1. The van der Waals surface area contributed by atoms with Gasteiger partial charge in [-0.1, -0.05) is 11.6 Å². The highest BCUT2D eigenvalue weighted by Crippen LogP contribution is 2.21. The van der Waals surface area contributed by atoms with Crippen molar-refractivity contribution in [3.8, 4) is 0 Å². The number of carbonyl (C=O) groups is 3. The van der Waals surface area contributed by atoms with E-state index in [0.717, 1.165) is 11.3 Å². The fourth-order valence-corrected chi connectivity index (χ4v) is 2.33. The van der Waals surface area contributed by atoms with Gasteiger partial charge in [0.15, 0.2) is 5.78 Å². The van der Waals surface area contributed by atoms with Gasteiger partial charge in [-0.25, -0.2) is 0 Å². The third-order valence-electron chi connectivity index (χ3n) is 1.97. The van der Waals surface area contributed by atoms with Crippen LogP contribution in [0.5, 0.6) is 0 Å². The molecule has 0 aliphatic rings. The van der Waals surface area contributed by atoms with Crippen LogP contribution in [0.15, 0.2) is 12.1 Å². The van der Waals surface area contributed by atoms with Gasteiger partial charge in [0.25, 0.3) is 0 Å². The van der Waals surface area contributed by atoms with Crippen LogP contribution in [-0.4, -0.2) is 42.1 Å². The Morgan fingerprint density at radius 2 is 1.67 bits per heavy atom. The monoisotopic (exact) mass is 289 g/mol. The van der Waals surface area contributed by atoms with Gasteiger partial charge >= 0.3 is 0 Å². The van der Waals surface area contributed by atoms with Crippen molar-refractivity contribution >= 4 is 40.5 Å². The number of Topliss-reactive ketones (excluding diaryl/α,β-unsaturated/α-hetero) is 1. The molecule has 18 heavy (non-hydrogen) atoms. The maximum absolute atomic E-state index is 11.8. The Morgan fingerprint density at radius 3 is 2.06 bits per heavy atom. The predicted molar refractivity (Wildman–Crippen MR) is 68.5 cm³/mol. The number of amides is 2. The molecule has 1 rings (SSSR count). The summed E-state index contributed by atoms with van der Waals surface area (Å²) in [6.45, 7) is -0.510. The Labute approximate surface area is 112 Å². The van der Waals surface area contributed by atoms with Gasteiger partial charge in [-0.3, -0.25) is 19.3 Å². The summed E-state index contributed by atoms with van der Waals surface area (Å²) in [5, 5.41) is 0. The summed E-state index contributed by atoms with van der Waals surface area (Å²) >= 11 is 6.85. The van der Waals surface area contributed by atoms with Crippen molar-refractivity contribution in [2.24, 2.45) is 11.5 Å². The molecule has 0 aromatic carbocycles. The molecule has 0 spiro atoms. The van der Waals surface area contributed by atoms with E-state index in [1.165, 1.54) is 4.90 Å². The molecule has 0 saturated heterocycles. The van der Waals surface area contributed by atoms with Crippen molar-refractivity contribution < 1.29 is 14.4 Å². The average molecular weight is 290 g/mol. The van der Waals surface area contributed by atoms with E-state index in [1.54, 1.807) is 12.1 Å². The highest BCUT2D eigenvalue weighted by Gasteiger charge is 2.17. The van der Waals surface area contributed by atoms with Crippen LogP contribution < -0.4 is 11.5 Å². The first-order valence-electron chi connectivity index (χ1n) is 4.96. The number of rotatable bonds is 7. The molecule has 0 atom stereocenters. The molecule has 6 nitrogen and oxygen atoms in total. The molecule has 0 radical (unpaired) electrons. The van der Waals surface area contributed by atoms with Crippen molar-refractivity contribution in [3.05, 3.63) is 21.3 Å². The average Bonchev–Trinajstić information content (AvgIpc) is 2.62. The zero-order chi connectivity index (χ0) is 13.7. The predicted octanol–water partition coefficient (Wildman–Crippen LogP) is -0.143. The second-order valence-electron chi connectivity index (χ2n) is 3.60. The normalized spacial score (nSPS) is 10.6. The molecule has 0 unspecified atom stereocenters. The highest BCUT2D eigenvalue weighted by molar-refractivity contribution is 7.18. The second-order valence-corrected chi connectivity index (χ2v) is 5.32. The number of ketones is 1. The standard InChI is InChI=1S/C10H12ClN3O3S/c11-8-2-1-7(18-8)6(15)3-14(4-9(12)16)5-10(13)17/h1-2H,3-5H2,(H2,12,16)(H2,13,17). The van der Waals surface area contributed by atoms with Crippen LogP contribution in [-0.2, 0) is 9.59 Å². The molecule has 2 amide bonds. The first kappa shape index (κ1) is 14.6. The SMILES string of the molecule is NC(=O)CN(CC(N)=O)CC(=O)c1ccc(Cl)s1. The molecule has 0 saturated carbocycles. The summed E-state index contributed by atoms with van der Waals surface area (Å²) in [5.41, 5.74) is 10.1. The maximum Gasteiger partial charge on any atom is 0.231 e. The molecule has 1 heterocycles. The first-order valence-corrected chi connectivity index (χ1v) is 6.15. The van der Waals surface area contributed by atoms with Gasteiger partial charge in [-0.05, 0) is 12.1 Å². The first-order chi connectivity index (χ1) is 8.38. The van der Waals surface area contributed by atoms with Crippen LogP contribution in [0.4, 0.5) is 0 Å². The van der Waals surface area contributed by atoms with Gasteiger partial charge in [-0.2, -0.15) is 0 Å². The topological polar surface area (TPSA) is 106 Å². The number of halogens is 1. The van der Waals surface area contributed by atoms with Crippen LogP contribution in [0.1, 0.15) is 9.67 Å². The van der Waals surface area contributed by atoms with Crippen molar-refractivity contribution in [2.75, 3.05) is 19.6 Å². The molecular formula is C10H12ClN3O3S. The van der Waals surface area contributed by atoms with E-state index in [2.05, 4.69) is 0 Å². The second kappa shape index (κ2) is 6.48. The van der Waals surface area contributed by atoms with Gasteiger partial charge in [0.2, 0.25) is 11.8 Å². The van der Waals surface area contributed by atoms with E-state index in [9.17, 15) is 14.4 Å². The van der Waals surface area contributed by atoms with Crippen LogP contribution in [0.2, 0.25) is 4.34 Å². The van der Waals surface area contributed by atoms with E-state index in [4.69, 9.17) is 23.1 Å². The van der Waals surface area contributed by atoms with Crippen LogP contribution in [0, 0.1) is 0 Å². The van der Waals surface area contributed by atoms with Crippen LogP contribution in [0.3, 0.4) is 0 Å². The number of carbonyl (C=O) groups excluding carboxylic acids is 3. The highest BCUT2D eigenvalue weighted by atomic mass is 35.5. The minimum absolute atomic E-state index is 0.108. The van der Waals surface area contributed by atoms with Crippen LogP contribution in [0.25, 0.3) is 0 Å². The Morgan fingerprint density at radius 1 is 1.11 bits per heavy atom. The molecule has 0 aliphatic heterocycles. The molecule has 0 aliphatic carbocycles. The van der Waals surface area contributed by atoms with Crippen LogP contribution >= 0.6 is 22.9 Å². The third-order valence-corrected chi connectivity index (χ3v) is 3.25. The third kappa shape index (κ3) is 4.82.